The van der Waals surface area contributed by atoms with Crippen LogP contribution in [0.5, 0.6) is 0 Å². The number of hydrogen-bond donors (Lipinski definition) is 0. The topological polar surface area (TPSA) is 72.4 Å². The van der Waals surface area contributed by atoms with Crippen LogP contribution in [0.15, 0.2) is 163 Å². The number of benzene rings is 6. The first kappa shape index (κ1) is 37.8. The van der Waals surface area contributed by atoms with Gasteiger partial charge in [-0.3, -0.25) is 4.98 Å². The molecule has 11 rings (SSSR count). The molecule has 302 valence electrons. The monoisotopic (exact) mass is 824 g/mol. The lowest BCUT2D eigenvalue weighted by molar-refractivity contribution is 0.560. The zero-order valence-electron chi connectivity index (χ0n) is 35.5. The molecule has 0 spiro atoms. The molecule has 62 heavy (non-hydrogen) atoms. The first-order chi connectivity index (χ1) is 30.0. The third kappa shape index (κ3) is 6.41. The zero-order valence-corrected chi connectivity index (χ0v) is 36.3. The predicted octanol–water partition coefficient (Wildman–Crippen LogP) is 14.7. The van der Waals surface area contributed by atoms with Crippen molar-refractivity contribution in [2.75, 3.05) is 4.90 Å². The Bertz CT molecular complexity index is 3500. The highest BCUT2D eigenvalue weighted by molar-refractivity contribution is 7.14. The Kier molecular flexibility index (Phi) is 8.67. The van der Waals surface area contributed by atoms with Crippen molar-refractivity contribution < 1.29 is 4.42 Å². The summed E-state index contributed by atoms with van der Waals surface area (Å²) in [5.74, 6) is 0. The Morgan fingerprint density at radius 2 is 1.24 bits per heavy atom. The van der Waals surface area contributed by atoms with Gasteiger partial charge >= 0.3 is 0 Å². The minimum Gasteiger partial charge on any atom is -0.455 e. The van der Waals surface area contributed by atoms with Crippen LogP contribution in [-0.4, -0.2) is 29.3 Å². The van der Waals surface area contributed by atoms with Gasteiger partial charge in [0.05, 0.1) is 10.4 Å². The summed E-state index contributed by atoms with van der Waals surface area (Å²) in [4.78, 5) is 22.4. The molecule has 5 heterocycles. The predicted molar refractivity (Wildman–Crippen MR) is 258 cm³/mol. The Hall–Kier alpha value is -7.16. The molecule has 8 heteroatoms. The van der Waals surface area contributed by atoms with Crippen LogP contribution in [0.4, 0.5) is 11.4 Å². The number of fused-ring (bicyclic) bond motifs is 8. The summed E-state index contributed by atoms with van der Waals surface area (Å²) in [6, 6.07) is 51.8. The average molecular weight is 825 g/mol. The Morgan fingerprint density at radius 1 is 0.565 bits per heavy atom. The molecule has 0 amide bonds. The van der Waals surface area contributed by atoms with Gasteiger partial charge in [0.15, 0.2) is 11.3 Å². The minimum atomic E-state index is -0.380. The number of hydrogen-bond acceptors (Lipinski definition) is 7. The van der Waals surface area contributed by atoms with E-state index in [1.807, 2.05) is 18.3 Å². The van der Waals surface area contributed by atoms with Gasteiger partial charge in [0.25, 0.3) is 0 Å². The number of anilines is 2. The number of rotatable bonds is 6. The van der Waals surface area contributed by atoms with Crippen molar-refractivity contribution in [3.05, 3.63) is 164 Å². The molecule has 0 aliphatic heterocycles. The van der Waals surface area contributed by atoms with Crippen molar-refractivity contribution in [3.63, 3.8) is 0 Å². The van der Waals surface area contributed by atoms with E-state index in [0.29, 0.717) is 0 Å². The molecule has 0 saturated carbocycles. The summed E-state index contributed by atoms with van der Waals surface area (Å²) in [6.07, 6.45) is 3.59. The van der Waals surface area contributed by atoms with E-state index in [9.17, 15) is 0 Å². The summed E-state index contributed by atoms with van der Waals surface area (Å²) in [5, 5.41) is 3.14. The maximum Gasteiger partial charge on any atom is 0.178 e. The van der Waals surface area contributed by atoms with Crippen molar-refractivity contribution in [2.45, 2.75) is 52.5 Å². The molecular weight excluding hydrogens is 781 g/mol. The maximum atomic E-state index is 6.75. The fourth-order valence-electron chi connectivity index (χ4n) is 8.79. The first-order valence-corrected chi connectivity index (χ1v) is 21.8. The van der Waals surface area contributed by atoms with Crippen molar-refractivity contribution in [2.24, 2.45) is 0 Å². The van der Waals surface area contributed by atoms with Gasteiger partial charge in [-0.2, -0.15) is 0 Å². The van der Waals surface area contributed by atoms with Gasteiger partial charge < -0.3 is 9.32 Å². The molecule has 7 nitrogen and oxygen atoms in total. The number of para-hydroxylation sites is 1. The van der Waals surface area contributed by atoms with E-state index < -0.39 is 0 Å². The highest BCUT2D eigenvalue weighted by atomic mass is 32.1. The van der Waals surface area contributed by atoms with Crippen molar-refractivity contribution in [3.8, 4) is 44.8 Å². The van der Waals surface area contributed by atoms with E-state index in [-0.39, 0.29) is 11.0 Å². The molecule has 0 atom stereocenters. The van der Waals surface area contributed by atoms with E-state index >= 15 is 0 Å². The van der Waals surface area contributed by atoms with Crippen LogP contribution in [-0.2, 0) is 5.41 Å². The van der Waals surface area contributed by atoms with E-state index in [4.69, 9.17) is 24.4 Å². The molecule has 0 saturated heterocycles. The Morgan fingerprint density at radius 3 is 2.02 bits per heavy atom. The molecule has 5 aromatic heterocycles. The zero-order chi connectivity index (χ0) is 42.3. The standard InChI is InChI=1S/C54H44N6OS/c1-53(2,3)38-24-25-55-45(29-38)37-26-36(35-22-20-34(21-23-35)33-14-8-7-9-15-33)27-39(28-37)59(54(4,5)6)40-30-43-41-16-10-12-18-46(41)61-50(43)44(31-40)48-49-52(57-32-56-48)60-51(58-49)42-17-11-13-19-47(42)62-60/h7-32H,1-6H3. The highest BCUT2D eigenvalue weighted by Gasteiger charge is 2.29. The maximum absolute atomic E-state index is 6.75. The van der Waals surface area contributed by atoms with Crippen molar-refractivity contribution in [1.29, 1.82) is 0 Å². The summed E-state index contributed by atoms with van der Waals surface area (Å²) < 4.78 is 10.0. The second-order valence-corrected chi connectivity index (χ2v) is 19.1. The minimum absolute atomic E-state index is 0.0360. The van der Waals surface area contributed by atoms with Crippen LogP contribution in [0.2, 0.25) is 0 Å². The van der Waals surface area contributed by atoms with Gasteiger partial charge in [-0.25, -0.2) is 18.7 Å². The van der Waals surface area contributed by atoms with Gasteiger partial charge in [-0.15, -0.1) is 0 Å². The number of nitrogens with zero attached hydrogens (tertiary/aromatic N) is 6. The molecule has 0 unspecified atom stereocenters. The van der Waals surface area contributed by atoms with Gasteiger partial charge in [0.2, 0.25) is 0 Å². The van der Waals surface area contributed by atoms with Crippen LogP contribution in [0, 0.1) is 0 Å². The largest absolute Gasteiger partial charge is 0.455 e. The molecule has 6 aromatic carbocycles. The number of imidazole rings is 1. The molecule has 0 N–H and O–H groups in total. The third-order valence-electron chi connectivity index (χ3n) is 11.8. The van der Waals surface area contributed by atoms with Crippen LogP contribution in [0.1, 0.15) is 47.1 Å². The molecule has 0 fully saturated rings. The van der Waals surface area contributed by atoms with Crippen LogP contribution in [0.3, 0.4) is 0 Å². The van der Waals surface area contributed by atoms with E-state index in [1.165, 1.54) is 16.7 Å². The van der Waals surface area contributed by atoms with E-state index in [1.54, 1.807) is 17.9 Å². The van der Waals surface area contributed by atoms with Gasteiger partial charge in [0, 0.05) is 50.4 Å². The second-order valence-electron chi connectivity index (χ2n) is 18.1. The lowest BCUT2D eigenvalue weighted by Crippen LogP contribution is -2.37. The second kappa shape index (κ2) is 14.2. The summed E-state index contributed by atoms with van der Waals surface area (Å²) in [7, 11) is 0. The first-order valence-electron chi connectivity index (χ1n) is 21.0. The van der Waals surface area contributed by atoms with Gasteiger partial charge in [-0.1, -0.05) is 117 Å². The average Bonchev–Trinajstić information content (AvgIpc) is 3.96. The molecule has 0 aliphatic carbocycles. The summed E-state index contributed by atoms with van der Waals surface area (Å²) in [6.45, 7) is 13.5. The Labute approximate surface area is 364 Å². The number of furan rings is 1. The normalized spacial score (nSPS) is 12.4. The van der Waals surface area contributed by atoms with Gasteiger partial charge in [0.1, 0.15) is 28.7 Å². The number of aromatic nitrogens is 5. The SMILES string of the molecule is CC(C)(C)c1ccnc(-c2cc(-c3ccc(-c4ccccc4)cc3)cc(N(c3cc(-c4ncnc5c4nc4c6ccccc6sn54)c4oc5ccccc5c4c3)C(C)(C)C)c2)c1. The molecule has 0 radical (unpaired) electrons. The summed E-state index contributed by atoms with van der Waals surface area (Å²) >= 11 is 1.65. The third-order valence-corrected chi connectivity index (χ3v) is 12.9. The number of pyridine rings is 1. The van der Waals surface area contributed by atoms with Crippen molar-refractivity contribution in [1.82, 2.24) is 23.7 Å². The van der Waals surface area contributed by atoms with Gasteiger partial charge in [-0.05, 0) is 115 Å². The summed E-state index contributed by atoms with van der Waals surface area (Å²) in [5.41, 5.74) is 15.0. The highest BCUT2D eigenvalue weighted by Crippen LogP contribution is 2.46. The molecule has 0 aliphatic rings. The van der Waals surface area contributed by atoms with E-state index in [2.05, 4.69) is 184 Å². The fraction of sp³-hybridized carbons (Fsp3) is 0.148. The lowest BCUT2D eigenvalue weighted by Gasteiger charge is -2.38. The van der Waals surface area contributed by atoms with Crippen LogP contribution < -0.4 is 4.90 Å². The molecule has 11 aromatic rings. The lowest BCUT2D eigenvalue weighted by atomic mass is 9.86. The molecular formula is C54H44N6OS. The van der Waals surface area contributed by atoms with E-state index in [0.717, 1.165) is 93.9 Å². The van der Waals surface area contributed by atoms with Crippen LogP contribution in [0.25, 0.3) is 93.6 Å². The fourth-order valence-corrected chi connectivity index (χ4v) is 9.83. The van der Waals surface area contributed by atoms with Crippen LogP contribution >= 0.6 is 11.5 Å². The van der Waals surface area contributed by atoms with Crippen molar-refractivity contribution >= 4 is 71.7 Å². The smallest absolute Gasteiger partial charge is 0.178 e. The quantitative estimate of drug-likeness (QED) is 0.166. The molecule has 0 bridgehead atoms. The Balaban J connectivity index is 1.15.